The van der Waals surface area contributed by atoms with Gasteiger partial charge in [0.2, 0.25) is 10.0 Å². The number of rotatable bonds is 7. The van der Waals surface area contributed by atoms with Gasteiger partial charge in [-0.3, -0.25) is 0 Å². The van der Waals surface area contributed by atoms with Crippen molar-refractivity contribution in [2.45, 2.75) is 25.7 Å². The topological polar surface area (TPSA) is 46.6 Å². The van der Waals surface area contributed by atoms with Crippen molar-refractivity contribution in [3.05, 3.63) is 23.3 Å². The zero-order valence-electron chi connectivity index (χ0n) is 12.8. The Morgan fingerprint density at radius 1 is 1.25 bits per heavy atom. The largest absolute Gasteiger partial charge is 0.497 e. The second kappa shape index (κ2) is 7.33. The van der Waals surface area contributed by atoms with Crippen molar-refractivity contribution in [1.82, 2.24) is 4.31 Å². The summed E-state index contributed by atoms with van der Waals surface area (Å²) in [5.74, 6) is 2.48. The molecule has 0 aromatic heterocycles. The van der Waals surface area contributed by atoms with E-state index < -0.39 is 10.0 Å². The maximum atomic E-state index is 12.6. The van der Waals surface area contributed by atoms with Gasteiger partial charge in [-0.2, -0.15) is 11.8 Å². The van der Waals surface area contributed by atoms with Crippen LogP contribution < -0.4 is 4.74 Å². The van der Waals surface area contributed by atoms with Gasteiger partial charge in [-0.1, -0.05) is 6.92 Å². The fourth-order valence-electron chi connectivity index (χ4n) is 2.05. The van der Waals surface area contributed by atoms with E-state index in [1.165, 1.54) is 4.31 Å². The van der Waals surface area contributed by atoms with E-state index in [4.69, 9.17) is 4.74 Å². The summed E-state index contributed by atoms with van der Waals surface area (Å²) in [7, 11) is -0.228. The van der Waals surface area contributed by atoms with Gasteiger partial charge in [-0.05, 0) is 42.9 Å². The summed E-state index contributed by atoms with van der Waals surface area (Å²) in [5.41, 5.74) is 1.44. The highest BCUT2D eigenvalue weighted by Gasteiger charge is 2.25. The molecular weight excluding hydrogens is 294 g/mol. The number of sulfonamides is 1. The van der Waals surface area contributed by atoms with Gasteiger partial charge in [0, 0.05) is 19.3 Å². The first-order valence-electron chi connectivity index (χ1n) is 6.54. The van der Waals surface area contributed by atoms with Crippen LogP contribution in [-0.2, 0) is 10.0 Å². The molecular formula is C14H23NO3S2. The molecule has 114 valence electrons. The average molecular weight is 317 g/mol. The number of ether oxygens (including phenoxy) is 1. The molecule has 4 nitrogen and oxygen atoms in total. The normalized spacial score (nSPS) is 11.9. The monoisotopic (exact) mass is 317 g/mol. The van der Waals surface area contributed by atoms with Gasteiger partial charge in [0.25, 0.3) is 0 Å². The number of nitrogens with zero attached hydrogens (tertiary/aromatic N) is 1. The Balaban J connectivity index is 3.09. The molecule has 0 fully saturated rings. The molecule has 1 aromatic rings. The van der Waals surface area contributed by atoms with Crippen molar-refractivity contribution in [3.8, 4) is 5.75 Å². The third-order valence-corrected chi connectivity index (χ3v) is 6.14. The third-order valence-electron chi connectivity index (χ3n) is 3.09. The highest BCUT2D eigenvalue weighted by molar-refractivity contribution is 7.99. The van der Waals surface area contributed by atoms with Crippen molar-refractivity contribution in [2.24, 2.45) is 0 Å². The molecule has 0 bridgehead atoms. The lowest BCUT2D eigenvalue weighted by Crippen LogP contribution is -2.30. The fourth-order valence-corrected chi connectivity index (χ4v) is 4.43. The third kappa shape index (κ3) is 3.90. The maximum Gasteiger partial charge on any atom is 0.243 e. The van der Waals surface area contributed by atoms with Crippen molar-refractivity contribution < 1.29 is 13.2 Å². The summed E-state index contributed by atoms with van der Waals surface area (Å²) in [4.78, 5) is 0.391. The predicted molar refractivity (Wildman–Crippen MR) is 85.3 cm³/mol. The molecule has 0 radical (unpaired) electrons. The SMILES string of the molecule is CCSCCN(C)S(=O)(=O)c1c(C)cc(OC)cc1C. The molecule has 0 atom stereocenters. The second-order valence-electron chi connectivity index (χ2n) is 4.61. The Hall–Kier alpha value is -0.720. The van der Waals surface area contributed by atoms with Crippen molar-refractivity contribution >= 4 is 21.8 Å². The second-order valence-corrected chi connectivity index (χ2v) is 7.99. The lowest BCUT2D eigenvalue weighted by molar-refractivity contribution is 0.413. The van der Waals surface area contributed by atoms with Gasteiger partial charge in [-0.15, -0.1) is 0 Å². The van der Waals surface area contributed by atoms with Crippen LogP contribution in [-0.4, -0.2) is 44.9 Å². The molecule has 1 rings (SSSR count). The lowest BCUT2D eigenvalue weighted by Gasteiger charge is -2.20. The number of thioether (sulfide) groups is 1. The summed E-state index contributed by atoms with van der Waals surface area (Å²) in [6.45, 7) is 6.19. The number of hydrogen-bond donors (Lipinski definition) is 0. The minimum Gasteiger partial charge on any atom is -0.497 e. The highest BCUT2D eigenvalue weighted by atomic mass is 32.2. The van der Waals surface area contributed by atoms with Gasteiger partial charge >= 0.3 is 0 Å². The van der Waals surface area contributed by atoms with Crippen LogP contribution in [0.5, 0.6) is 5.75 Å². The standard InChI is InChI=1S/C14H23NO3S2/c1-6-19-8-7-15(4)20(16,17)14-11(2)9-13(18-5)10-12(14)3/h9-10H,6-8H2,1-5H3. The van der Waals surface area contributed by atoms with Gasteiger partial charge in [0.05, 0.1) is 12.0 Å². The molecule has 0 heterocycles. The van der Waals surface area contributed by atoms with E-state index in [1.807, 2.05) is 0 Å². The van der Waals surface area contributed by atoms with Crippen molar-refractivity contribution in [1.29, 1.82) is 0 Å². The van der Waals surface area contributed by atoms with E-state index in [0.717, 1.165) is 22.6 Å². The number of hydrogen-bond acceptors (Lipinski definition) is 4. The molecule has 0 aliphatic carbocycles. The summed E-state index contributed by atoms with van der Waals surface area (Å²) in [6, 6.07) is 3.52. The summed E-state index contributed by atoms with van der Waals surface area (Å²) >= 11 is 1.74. The van der Waals surface area contributed by atoms with Crippen LogP contribution in [0.25, 0.3) is 0 Å². The van der Waals surface area contributed by atoms with Gasteiger partial charge < -0.3 is 4.74 Å². The molecule has 0 spiro atoms. The summed E-state index contributed by atoms with van der Waals surface area (Å²) < 4.78 is 31.9. The van der Waals surface area contributed by atoms with Crippen molar-refractivity contribution in [3.63, 3.8) is 0 Å². The first-order valence-corrected chi connectivity index (χ1v) is 9.13. The van der Waals surface area contributed by atoms with E-state index in [1.54, 1.807) is 51.9 Å². The van der Waals surface area contributed by atoms with E-state index in [9.17, 15) is 8.42 Å². The molecule has 0 unspecified atom stereocenters. The van der Waals surface area contributed by atoms with Gasteiger partial charge in [0.15, 0.2) is 0 Å². The first kappa shape index (κ1) is 17.3. The zero-order valence-corrected chi connectivity index (χ0v) is 14.4. The fraction of sp³-hybridized carbons (Fsp3) is 0.571. The molecule has 0 aliphatic rings. The predicted octanol–water partition coefficient (Wildman–Crippen LogP) is 2.69. The molecule has 0 N–H and O–H groups in total. The van der Waals surface area contributed by atoms with Gasteiger partial charge in [-0.25, -0.2) is 12.7 Å². The van der Waals surface area contributed by atoms with E-state index >= 15 is 0 Å². The molecule has 0 amide bonds. The van der Waals surface area contributed by atoms with E-state index in [0.29, 0.717) is 17.2 Å². The Morgan fingerprint density at radius 2 is 1.80 bits per heavy atom. The van der Waals surface area contributed by atoms with E-state index in [2.05, 4.69) is 6.92 Å². The molecule has 20 heavy (non-hydrogen) atoms. The highest BCUT2D eigenvalue weighted by Crippen LogP contribution is 2.27. The summed E-state index contributed by atoms with van der Waals surface area (Å²) in [6.07, 6.45) is 0. The number of methoxy groups -OCH3 is 1. The average Bonchev–Trinajstić information content (AvgIpc) is 2.37. The molecule has 6 heteroatoms. The van der Waals surface area contributed by atoms with Crippen LogP contribution in [0.15, 0.2) is 17.0 Å². The molecule has 0 saturated heterocycles. The van der Waals surface area contributed by atoms with Crippen LogP contribution in [0.3, 0.4) is 0 Å². The van der Waals surface area contributed by atoms with Crippen LogP contribution >= 0.6 is 11.8 Å². The maximum absolute atomic E-state index is 12.6. The Bertz CT molecular complexity index is 533. The quantitative estimate of drug-likeness (QED) is 0.725. The lowest BCUT2D eigenvalue weighted by atomic mass is 10.1. The Kier molecular flexibility index (Phi) is 6.36. The summed E-state index contributed by atoms with van der Waals surface area (Å²) in [5, 5.41) is 0. The first-order chi connectivity index (χ1) is 9.34. The molecule has 0 aliphatic heterocycles. The van der Waals surface area contributed by atoms with Crippen LogP contribution in [0, 0.1) is 13.8 Å². The van der Waals surface area contributed by atoms with Gasteiger partial charge in [0.1, 0.15) is 5.75 Å². The van der Waals surface area contributed by atoms with Crippen LogP contribution in [0.1, 0.15) is 18.1 Å². The minimum absolute atomic E-state index is 0.391. The zero-order chi connectivity index (χ0) is 15.3. The smallest absolute Gasteiger partial charge is 0.243 e. The number of aryl methyl sites for hydroxylation is 2. The van der Waals surface area contributed by atoms with Crippen LogP contribution in [0.2, 0.25) is 0 Å². The molecule has 0 saturated carbocycles. The molecule has 1 aromatic carbocycles. The van der Waals surface area contributed by atoms with E-state index in [-0.39, 0.29) is 0 Å². The van der Waals surface area contributed by atoms with Crippen molar-refractivity contribution in [2.75, 3.05) is 32.2 Å². The van der Waals surface area contributed by atoms with Crippen LogP contribution in [0.4, 0.5) is 0 Å². The Labute approximate surface area is 126 Å². The number of benzene rings is 1. The minimum atomic E-state index is -3.44. The Morgan fingerprint density at radius 3 is 2.25 bits per heavy atom.